The lowest BCUT2D eigenvalue weighted by atomic mass is 9.76. The molecule has 1 N–H and O–H groups in total. The second-order valence-corrected chi connectivity index (χ2v) is 7.66. The molecular formula is C18H21NO2S. The molecule has 2 aliphatic rings. The summed E-state index contributed by atoms with van der Waals surface area (Å²) in [4.78, 5) is 15.0. The third-order valence-corrected chi connectivity index (χ3v) is 6.43. The van der Waals surface area contributed by atoms with Crippen molar-refractivity contribution in [3.8, 4) is 0 Å². The van der Waals surface area contributed by atoms with Gasteiger partial charge in [0.05, 0.1) is 11.7 Å². The average molecular weight is 315 g/mol. The maximum Gasteiger partial charge on any atom is 0.255 e. The molecule has 116 valence electrons. The molecule has 1 saturated heterocycles. The van der Waals surface area contributed by atoms with Crippen LogP contribution in [-0.2, 0) is 0 Å². The van der Waals surface area contributed by atoms with Gasteiger partial charge in [0.1, 0.15) is 0 Å². The van der Waals surface area contributed by atoms with Gasteiger partial charge in [-0.15, -0.1) is 11.3 Å². The van der Waals surface area contributed by atoms with E-state index in [0.717, 1.165) is 56.1 Å². The van der Waals surface area contributed by atoms with Gasteiger partial charge >= 0.3 is 0 Å². The molecule has 1 saturated carbocycles. The summed E-state index contributed by atoms with van der Waals surface area (Å²) in [6, 6.07) is 8.10. The highest BCUT2D eigenvalue weighted by Crippen LogP contribution is 2.45. The average Bonchev–Trinajstić information content (AvgIpc) is 3.12. The zero-order valence-electron chi connectivity index (χ0n) is 12.6. The van der Waals surface area contributed by atoms with Crippen LogP contribution in [0.3, 0.4) is 0 Å². The van der Waals surface area contributed by atoms with Crippen LogP contribution in [-0.4, -0.2) is 35.1 Å². The second-order valence-electron chi connectivity index (χ2n) is 6.75. The molecule has 1 aliphatic carbocycles. The molecular weight excluding hydrogens is 294 g/mol. The van der Waals surface area contributed by atoms with Crippen LogP contribution in [0.25, 0.3) is 10.1 Å². The summed E-state index contributed by atoms with van der Waals surface area (Å²) in [6.07, 6.45) is 4.87. The summed E-state index contributed by atoms with van der Waals surface area (Å²) in [6.45, 7) is 1.54. The molecule has 4 heteroatoms. The van der Waals surface area contributed by atoms with E-state index in [1.54, 1.807) is 11.3 Å². The van der Waals surface area contributed by atoms with E-state index in [1.165, 1.54) is 4.70 Å². The summed E-state index contributed by atoms with van der Waals surface area (Å²) in [5, 5.41) is 13.4. The Morgan fingerprint density at radius 2 is 2.09 bits per heavy atom. The van der Waals surface area contributed by atoms with Crippen molar-refractivity contribution in [2.24, 2.45) is 5.41 Å². The smallest absolute Gasteiger partial charge is 0.255 e. The predicted octanol–water partition coefficient (Wildman–Crippen LogP) is 3.67. The lowest BCUT2D eigenvalue weighted by Gasteiger charge is -2.42. The Kier molecular flexibility index (Phi) is 3.46. The SMILES string of the molecule is O=C(c1csc2ccccc12)N1CCC[C@]2(CCC[C@H]2O)C1. The molecule has 1 aromatic heterocycles. The van der Waals surface area contributed by atoms with E-state index >= 15 is 0 Å². The van der Waals surface area contributed by atoms with E-state index in [4.69, 9.17) is 0 Å². The van der Waals surface area contributed by atoms with Gasteiger partial charge in [0, 0.05) is 34.0 Å². The number of carbonyl (C=O) groups excluding carboxylic acids is 1. The number of piperidine rings is 1. The number of fused-ring (bicyclic) bond motifs is 1. The number of aliphatic hydroxyl groups is 1. The summed E-state index contributed by atoms with van der Waals surface area (Å²) in [5.41, 5.74) is 0.782. The molecule has 2 aromatic rings. The maximum atomic E-state index is 13.0. The molecule has 3 nitrogen and oxygen atoms in total. The first-order valence-corrected chi connectivity index (χ1v) is 9.01. The van der Waals surface area contributed by atoms with Crippen molar-refractivity contribution in [3.05, 3.63) is 35.2 Å². The zero-order chi connectivity index (χ0) is 15.2. The van der Waals surface area contributed by atoms with Crippen molar-refractivity contribution < 1.29 is 9.90 Å². The number of rotatable bonds is 1. The summed E-state index contributed by atoms with van der Waals surface area (Å²) < 4.78 is 1.17. The Morgan fingerprint density at radius 3 is 2.91 bits per heavy atom. The number of thiophene rings is 1. The van der Waals surface area contributed by atoms with Crippen LogP contribution < -0.4 is 0 Å². The van der Waals surface area contributed by atoms with E-state index in [9.17, 15) is 9.90 Å². The van der Waals surface area contributed by atoms with Gasteiger partial charge in [-0.05, 0) is 31.7 Å². The molecule has 22 heavy (non-hydrogen) atoms. The first kappa shape index (κ1) is 14.2. The van der Waals surface area contributed by atoms with Crippen molar-refractivity contribution in [2.45, 2.75) is 38.2 Å². The number of aliphatic hydroxyl groups excluding tert-OH is 1. The van der Waals surface area contributed by atoms with E-state index in [-0.39, 0.29) is 17.4 Å². The van der Waals surface area contributed by atoms with Crippen LogP contribution in [0.1, 0.15) is 42.5 Å². The minimum Gasteiger partial charge on any atom is -0.392 e. The van der Waals surface area contributed by atoms with Crippen LogP contribution >= 0.6 is 11.3 Å². The van der Waals surface area contributed by atoms with Crippen molar-refractivity contribution in [1.29, 1.82) is 0 Å². The fourth-order valence-electron chi connectivity index (χ4n) is 4.24. The predicted molar refractivity (Wildman–Crippen MR) is 89.3 cm³/mol. The molecule has 0 unspecified atom stereocenters. The Labute approximate surface area is 134 Å². The van der Waals surface area contributed by atoms with E-state index in [1.807, 2.05) is 28.5 Å². The van der Waals surface area contributed by atoms with Crippen LogP contribution in [0.2, 0.25) is 0 Å². The van der Waals surface area contributed by atoms with Crippen LogP contribution in [0.4, 0.5) is 0 Å². The molecule has 0 radical (unpaired) electrons. The van der Waals surface area contributed by atoms with Gasteiger partial charge < -0.3 is 10.0 Å². The van der Waals surface area contributed by atoms with E-state index in [0.29, 0.717) is 0 Å². The summed E-state index contributed by atoms with van der Waals surface area (Å²) in [7, 11) is 0. The number of benzene rings is 1. The molecule has 1 aromatic carbocycles. The van der Waals surface area contributed by atoms with Gasteiger partial charge in [-0.25, -0.2) is 0 Å². The summed E-state index contributed by atoms with van der Waals surface area (Å²) in [5.74, 6) is 0.135. The molecule has 2 heterocycles. The first-order valence-electron chi connectivity index (χ1n) is 8.13. The number of hydrogen-bond acceptors (Lipinski definition) is 3. The number of nitrogens with zero attached hydrogens (tertiary/aromatic N) is 1. The van der Waals surface area contributed by atoms with Gasteiger partial charge in [-0.2, -0.15) is 0 Å². The molecule has 4 rings (SSSR count). The quantitative estimate of drug-likeness (QED) is 0.872. The van der Waals surface area contributed by atoms with Crippen LogP contribution in [0.5, 0.6) is 0 Å². The Morgan fingerprint density at radius 1 is 1.27 bits per heavy atom. The standard InChI is InChI=1S/C18H21NO2S/c20-16-7-3-8-18(16)9-4-10-19(12-18)17(21)14-11-22-15-6-2-1-5-13(14)15/h1-2,5-6,11,16,20H,3-4,7-10,12H2/t16-,18-/m1/s1. The van der Waals surface area contributed by atoms with E-state index < -0.39 is 0 Å². The van der Waals surface area contributed by atoms with Crippen molar-refractivity contribution in [1.82, 2.24) is 4.90 Å². The molecule has 1 aliphatic heterocycles. The second kappa shape index (κ2) is 5.36. The molecule has 2 atom stereocenters. The molecule has 0 bridgehead atoms. The lowest BCUT2D eigenvalue weighted by Crippen LogP contribution is -2.49. The highest BCUT2D eigenvalue weighted by atomic mass is 32.1. The van der Waals surface area contributed by atoms with Crippen LogP contribution in [0.15, 0.2) is 29.6 Å². The number of amides is 1. The minimum absolute atomic E-state index is 0.0419. The number of hydrogen-bond donors (Lipinski definition) is 1. The fourth-order valence-corrected chi connectivity index (χ4v) is 5.18. The monoisotopic (exact) mass is 315 g/mol. The molecule has 2 fully saturated rings. The molecule has 1 amide bonds. The van der Waals surface area contributed by atoms with Gasteiger partial charge in [0.25, 0.3) is 5.91 Å². The van der Waals surface area contributed by atoms with Gasteiger partial charge in [0.2, 0.25) is 0 Å². The van der Waals surface area contributed by atoms with E-state index in [2.05, 4.69) is 6.07 Å². The van der Waals surface area contributed by atoms with Crippen LogP contribution in [0, 0.1) is 5.41 Å². The third-order valence-electron chi connectivity index (χ3n) is 5.47. The van der Waals surface area contributed by atoms with Crippen molar-refractivity contribution >= 4 is 27.3 Å². The van der Waals surface area contributed by atoms with Gasteiger partial charge in [0.15, 0.2) is 0 Å². The third kappa shape index (κ3) is 2.17. The largest absolute Gasteiger partial charge is 0.392 e. The zero-order valence-corrected chi connectivity index (χ0v) is 13.4. The number of likely N-dealkylation sites (tertiary alicyclic amines) is 1. The summed E-state index contributed by atoms with van der Waals surface area (Å²) >= 11 is 1.63. The Bertz CT molecular complexity index is 710. The normalized spacial score (nSPS) is 28.6. The highest BCUT2D eigenvalue weighted by Gasteiger charge is 2.45. The van der Waals surface area contributed by atoms with Crippen molar-refractivity contribution in [2.75, 3.05) is 13.1 Å². The molecule has 1 spiro atoms. The first-order chi connectivity index (χ1) is 10.7. The topological polar surface area (TPSA) is 40.5 Å². The number of carbonyl (C=O) groups is 1. The van der Waals surface area contributed by atoms with Gasteiger partial charge in [-0.3, -0.25) is 4.79 Å². The van der Waals surface area contributed by atoms with Gasteiger partial charge in [-0.1, -0.05) is 24.6 Å². The minimum atomic E-state index is -0.234. The Hall–Kier alpha value is -1.39. The lowest BCUT2D eigenvalue weighted by molar-refractivity contribution is -0.00527. The highest BCUT2D eigenvalue weighted by molar-refractivity contribution is 7.17. The van der Waals surface area contributed by atoms with Crippen molar-refractivity contribution in [3.63, 3.8) is 0 Å². The maximum absolute atomic E-state index is 13.0. The Balaban J connectivity index is 1.62. The fraction of sp³-hybridized carbons (Fsp3) is 0.500.